The van der Waals surface area contributed by atoms with Crippen LogP contribution in [0.3, 0.4) is 0 Å². The van der Waals surface area contributed by atoms with Crippen LogP contribution in [0.15, 0.2) is 12.1 Å². The third-order valence-corrected chi connectivity index (χ3v) is 5.55. The fourth-order valence-electron chi connectivity index (χ4n) is 3.43. The van der Waals surface area contributed by atoms with Crippen molar-refractivity contribution >= 4 is 29.1 Å². The van der Waals surface area contributed by atoms with Gasteiger partial charge in [-0.3, -0.25) is 4.79 Å². The number of hydrogen-bond donors (Lipinski definition) is 1. The molecule has 1 aromatic carbocycles. The molecule has 2 fully saturated rings. The number of halogens is 3. The molecule has 25 heavy (non-hydrogen) atoms. The minimum atomic E-state index is -0.803. The van der Waals surface area contributed by atoms with Gasteiger partial charge in [0.05, 0.1) is 18.2 Å². The number of morpholine rings is 1. The summed E-state index contributed by atoms with van der Waals surface area (Å²) in [6, 6.07) is 2.64. The van der Waals surface area contributed by atoms with Crippen molar-refractivity contribution in [3.63, 3.8) is 0 Å². The standard InChI is InChI=1S/C17H21Cl2FN2O3/c1-24-17(2-4-21-5-3-17)16(23)22-6-7-25-15(10-22)11-8-14(20)13(19)9-12(11)18/h8-9,15,21H,2-7,10H2,1H3. The topological polar surface area (TPSA) is 50.8 Å². The highest BCUT2D eigenvalue weighted by molar-refractivity contribution is 6.35. The first-order chi connectivity index (χ1) is 12.0. The first-order valence-corrected chi connectivity index (χ1v) is 9.04. The van der Waals surface area contributed by atoms with E-state index in [2.05, 4.69) is 5.32 Å². The van der Waals surface area contributed by atoms with Crippen molar-refractivity contribution in [3.05, 3.63) is 33.6 Å². The lowest BCUT2D eigenvalue weighted by molar-refractivity contribution is -0.165. The number of rotatable bonds is 3. The molecule has 2 saturated heterocycles. The van der Waals surface area contributed by atoms with Gasteiger partial charge >= 0.3 is 0 Å². The molecular weight excluding hydrogens is 370 g/mol. The second-order valence-electron chi connectivity index (χ2n) is 6.35. The lowest BCUT2D eigenvalue weighted by atomic mass is 9.90. The number of carbonyl (C=O) groups excluding carboxylic acids is 1. The number of amides is 1. The molecule has 2 aliphatic heterocycles. The van der Waals surface area contributed by atoms with E-state index in [1.165, 1.54) is 12.1 Å². The Labute approximate surface area is 156 Å². The molecule has 1 amide bonds. The van der Waals surface area contributed by atoms with Gasteiger partial charge in [-0.25, -0.2) is 4.39 Å². The number of piperidine rings is 1. The molecule has 0 bridgehead atoms. The quantitative estimate of drug-likeness (QED) is 0.806. The average molecular weight is 391 g/mol. The monoisotopic (exact) mass is 390 g/mol. The molecule has 1 N–H and O–H groups in total. The van der Waals surface area contributed by atoms with Crippen molar-refractivity contribution in [2.45, 2.75) is 24.5 Å². The SMILES string of the molecule is COC1(C(=O)N2CCOC(c3cc(F)c(Cl)cc3Cl)C2)CCNCC1. The number of methoxy groups -OCH3 is 1. The first-order valence-electron chi connectivity index (χ1n) is 8.28. The van der Waals surface area contributed by atoms with Crippen LogP contribution < -0.4 is 5.32 Å². The summed E-state index contributed by atoms with van der Waals surface area (Å²) in [6.07, 6.45) is 0.758. The van der Waals surface area contributed by atoms with Crippen molar-refractivity contribution in [2.75, 3.05) is 39.9 Å². The van der Waals surface area contributed by atoms with Crippen molar-refractivity contribution in [3.8, 4) is 0 Å². The molecule has 0 spiro atoms. The minimum Gasteiger partial charge on any atom is -0.370 e. The Hall–Kier alpha value is -0.920. The van der Waals surface area contributed by atoms with Gasteiger partial charge in [0, 0.05) is 24.2 Å². The molecule has 1 aromatic rings. The van der Waals surface area contributed by atoms with Gasteiger partial charge in [0.25, 0.3) is 5.91 Å². The van der Waals surface area contributed by atoms with Gasteiger partial charge in [0.15, 0.2) is 0 Å². The van der Waals surface area contributed by atoms with E-state index in [4.69, 9.17) is 32.7 Å². The second-order valence-corrected chi connectivity index (χ2v) is 7.16. The second kappa shape index (κ2) is 7.76. The summed E-state index contributed by atoms with van der Waals surface area (Å²) in [5, 5.41) is 3.53. The molecule has 2 heterocycles. The van der Waals surface area contributed by atoms with E-state index in [1.54, 1.807) is 12.0 Å². The molecule has 0 aliphatic carbocycles. The molecule has 1 unspecified atom stereocenters. The van der Waals surface area contributed by atoms with Crippen LogP contribution in [0.25, 0.3) is 0 Å². The van der Waals surface area contributed by atoms with Crippen molar-refractivity contribution in [2.24, 2.45) is 0 Å². The highest BCUT2D eigenvalue weighted by Crippen LogP contribution is 2.34. The van der Waals surface area contributed by atoms with Crippen molar-refractivity contribution < 1.29 is 18.7 Å². The Bertz CT molecular complexity index is 653. The number of nitrogens with one attached hydrogen (secondary N) is 1. The van der Waals surface area contributed by atoms with E-state index in [-0.39, 0.29) is 10.9 Å². The normalized spacial score (nSPS) is 23.5. The molecule has 5 nitrogen and oxygen atoms in total. The summed E-state index contributed by atoms with van der Waals surface area (Å²) >= 11 is 12.0. The summed E-state index contributed by atoms with van der Waals surface area (Å²) in [5.41, 5.74) is -0.305. The molecule has 138 valence electrons. The highest BCUT2D eigenvalue weighted by atomic mass is 35.5. The molecule has 0 radical (unpaired) electrons. The number of carbonyl (C=O) groups is 1. The number of ether oxygens (including phenoxy) is 2. The Kier molecular flexibility index (Phi) is 5.85. The first kappa shape index (κ1) is 18.9. The van der Waals surface area contributed by atoms with Crippen LogP contribution in [0.4, 0.5) is 4.39 Å². The predicted octanol–water partition coefficient (Wildman–Crippen LogP) is 2.80. The van der Waals surface area contributed by atoms with Crippen LogP contribution in [0.2, 0.25) is 10.0 Å². The van der Waals surface area contributed by atoms with E-state index in [0.29, 0.717) is 43.1 Å². The molecule has 3 rings (SSSR count). The largest absolute Gasteiger partial charge is 0.370 e. The molecule has 8 heteroatoms. The third kappa shape index (κ3) is 3.78. The average Bonchev–Trinajstić information content (AvgIpc) is 2.64. The third-order valence-electron chi connectivity index (χ3n) is 4.93. The summed E-state index contributed by atoms with van der Waals surface area (Å²) < 4.78 is 25.2. The minimum absolute atomic E-state index is 0.0365. The van der Waals surface area contributed by atoms with Crippen LogP contribution in [-0.4, -0.2) is 56.3 Å². The van der Waals surface area contributed by atoms with Crippen LogP contribution in [0.1, 0.15) is 24.5 Å². The lowest BCUT2D eigenvalue weighted by Gasteiger charge is -2.41. The van der Waals surface area contributed by atoms with Crippen molar-refractivity contribution in [1.29, 1.82) is 0 Å². The maximum atomic E-state index is 13.8. The van der Waals surface area contributed by atoms with Gasteiger partial charge in [0.2, 0.25) is 0 Å². The van der Waals surface area contributed by atoms with Crippen LogP contribution in [0.5, 0.6) is 0 Å². The Morgan fingerprint density at radius 1 is 1.36 bits per heavy atom. The van der Waals surface area contributed by atoms with E-state index in [0.717, 1.165) is 13.1 Å². The molecule has 2 aliphatic rings. The highest BCUT2D eigenvalue weighted by Gasteiger charge is 2.43. The van der Waals surface area contributed by atoms with Gasteiger partial charge in [-0.15, -0.1) is 0 Å². The number of hydrogen-bond acceptors (Lipinski definition) is 4. The van der Waals surface area contributed by atoms with E-state index >= 15 is 0 Å². The van der Waals surface area contributed by atoms with Crippen molar-refractivity contribution in [1.82, 2.24) is 10.2 Å². The van der Waals surface area contributed by atoms with Gasteiger partial charge < -0.3 is 19.7 Å². The van der Waals surface area contributed by atoms with Crippen LogP contribution in [-0.2, 0) is 14.3 Å². The van der Waals surface area contributed by atoms with Gasteiger partial charge in [-0.2, -0.15) is 0 Å². The summed E-state index contributed by atoms with van der Waals surface area (Å²) in [5.74, 6) is -0.602. The Morgan fingerprint density at radius 2 is 2.08 bits per heavy atom. The van der Waals surface area contributed by atoms with Gasteiger partial charge in [0.1, 0.15) is 17.5 Å². The lowest BCUT2D eigenvalue weighted by Crippen LogP contribution is -2.57. The van der Waals surface area contributed by atoms with E-state index in [9.17, 15) is 9.18 Å². The van der Waals surface area contributed by atoms with Crippen LogP contribution in [0, 0.1) is 5.82 Å². The maximum Gasteiger partial charge on any atom is 0.255 e. The van der Waals surface area contributed by atoms with E-state index in [1.807, 2.05) is 0 Å². The molecule has 1 atom stereocenters. The van der Waals surface area contributed by atoms with Gasteiger partial charge in [-0.1, -0.05) is 23.2 Å². The smallest absolute Gasteiger partial charge is 0.255 e. The molecular formula is C17H21Cl2FN2O3. The summed E-state index contributed by atoms with van der Waals surface area (Å²) in [6.45, 7) is 2.61. The Morgan fingerprint density at radius 3 is 2.76 bits per heavy atom. The molecule has 0 aromatic heterocycles. The fraction of sp³-hybridized carbons (Fsp3) is 0.588. The van der Waals surface area contributed by atoms with Crippen LogP contribution >= 0.6 is 23.2 Å². The zero-order valence-electron chi connectivity index (χ0n) is 14.0. The zero-order chi connectivity index (χ0) is 18.0. The Balaban J connectivity index is 1.79. The fourth-order valence-corrected chi connectivity index (χ4v) is 3.94. The number of benzene rings is 1. The van der Waals surface area contributed by atoms with E-state index < -0.39 is 17.5 Å². The zero-order valence-corrected chi connectivity index (χ0v) is 15.5. The van der Waals surface area contributed by atoms with Gasteiger partial charge in [-0.05, 0) is 38.1 Å². The summed E-state index contributed by atoms with van der Waals surface area (Å²) in [7, 11) is 1.58. The predicted molar refractivity (Wildman–Crippen MR) is 93.5 cm³/mol. The number of nitrogens with zero attached hydrogens (tertiary/aromatic N) is 1. The summed E-state index contributed by atoms with van der Waals surface area (Å²) in [4.78, 5) is 14.8. The molecule has 0 saturated carbocycles. The maximum absolute atomic E-state index is 13.8.